The average molecular weight is 450 g/mol. The van der Waals surface area contributed by atoms with Gasteiger partial charge in [0.25, 0.3) is 11.3 Å². The number of H-pyrrole nitrogens is 1. The Hall–Kier alpha value is -2.54. The molecule has 0 unspecified atom stereocenters. The molecule has 158 valence electrons. The number of nitrogens with one attached hydrogen (secondary N) is 3. The molecule has 0 fully saturated rings. The molecule has 2 aromatic rings. The van der Waals surface area contributed by atoms with Crippen molar-refractivity contribution in [1.29, 1.82) is 0 Å². The number of carbonyl (C=O) groups is 1. The maximum absolute atomic E-state index is 13.7. The Morgan fingerprint density at radius 1 is 1.34 bits per heavy atom. The minimum absolute atomic E-state index is 0.00470. The van der Waals surface area contributed by atoms with Gasteiger partial charge < -0.3 is 10.3 Å². The number of nitrogens with zero attached hydrogens (tertiary/aromatic N) is 1. The number of aromatic amines is 1. The highest BCUT2D eigenvalue weighted by Crippen LogP contribution is 2.22. The van der Waals surface area contributed by atoms with Crippen LogP contribution in [-0.4, -0.2) is 36.3 Å². The summed E-state index contributed by atoms with van der Waals surface area (Å²) >= 11 is 0.109. The molecule has 0 spiro atoms. The lowest BCUT2D eigenvalue weighted by Gasteiger charge is -2.10. The minimum atomic E-state index is -3.71. The Kier molecular flexibility index (Phi) is 7.30. The van der Waals surface area contributed by atoms with E-state index < -0.39 is 33.1 Å². The lowest BCUT2D eigenvalue weighted by atomic mass is 10.1. The number of amides is 1. The number of rotatable bonds is 8. The van der Waals surface area contributed by atoms with Crippen molar-refractivity contribution < 1.29 is 26.4 Å². The monoisotopic (exact) mass is 450 g/mol. The van der Waals surface area contributed by atoms with Crippen LogP contribution in [0.25, 0.3) is 0 Å². The van der Waals surface area contributed by atoms with Gasteiger partial charge in [-0.05, 0) is 43.3 Å². The Morgan fingerprint density at radius 3 is 2.62 bits per heavy atom. The zero-order chi connectivity index (χ0) is 21.8. The van der Waals surface area contributed by atoms with Crippen molar-refractivity contribution in [2.75, 3.05) is 16.3 Å². The second-order valence-electron chi connectivity index (χ2n) is 5.93. The van der Waals surface area contributed by atoms with Crippen molar-refractivity contribution in [3.8, 4) is 0 Å². The number of anilines is 2. The van der Waals surface area contributed by atoms with Crippen molar-refractivity contribution in [3.63, 3.8) is 0 Å². The SMILES string of the molecule is Cc1nc(SC(F)F)[nH]c(=O)c1CCC(=O)Nc1ccc(F)c(NS(C)(=O)=O)c1. The number of sulfonamides is 1. The number of thioether (sulfide) groups is 1. The lowest BCUT2D eigenvalue weighted by molar-refractivity contribution is -0.116. The predicted molar refractivity (Wildman–Crippen MR) is 103 cm³/mol. The van der Waals surface area contributed by atoms with E-state index in [2.05, 4.69) is 15.3 Å². The van der Waals surface area contributed by atoms with Crippen LogP contribution in [0.3, 0.4) is 0 Å². The number of hydrogen-bond acceptors (Lipinski definition) is 6. The molecule has 0 aliphatic rings. The zero-order valence-electron chi connectivity index (χ0n) is 15.3. The van der Waals surface area contributed by atoms with Gasteiger partial charge in [-0.25, -0.2) is 17.8 Å². The van der Waals surface area contributed by atoms with Crippen molar-refractivity contribution in [1.82, 2.24) is 9.97 Å². The normalized spacial score (nSPS) is 11.5. The van der Waals surface area contributed by atoms with E-state index in [0.717, 1.165) is 18.4 Å². The molecule has 3 N–H and O–H groups in total. The second-order valence-corrected chi connectivity index (χ2v) is 8.66. The van der Waals surface area contributed by atoms with Crippen LogP contribution < -0.4 is 15.6 Å². The van der Waals surface area contributed by atoms with E-state index in [1.165, 1.54) is 13.0 Å². The van der Waals surface area contributed by atoms with E-state index in [4.69, 9.17) is 0 Å². The van der Waals surface area contributed by atoms with E-state index in [1.54, 1.807) is 0 Å². The molecule has 1 aromatic heterocycles. The van der Waals surface area contributed by atoms with E-state index in [-0.39, 0.29) is 52.4 Å². The highest BCUT2D eigenvalue weighted by atomic mass is 32.2. The van der Waals surface area contributed by atoms with Crippen LogP contribution in [0.1, 0.15) is 17.7 Å². The molecule has 1 aromatic carbocycles. The Bertz CT molecular complexity index is 1070. The third kappa shape index (κ3) is 7.09. The fourth-order valence-electron chi connectivity index (χ4n) is 2.36. The van der Waals surface area contributed by atoms with E-state index in [9.17, 15) is 31.2 Å². The summed E-state index contributed by atoms with van der Waals surface area (Å²) in [6.45, 7) is 1.47. The zero-order valence-corrected chi connectivity index (χ0v) is 16.9. The largest absolute Gasteiger partial charge is 0.326 e. The highest BCUT2D eigenvalue weighted by Gasteiger charge is 2.15. The maximum Gasteiger partial charge on any atom is 0.291 e. The molecule has 0 bridgehead atoms. The third-order valence-corrected chi connectivity index (χ3v) is 4.73. The molecule has 0 saturated heterocycles. The fraction of sp³-hybridized carbons (Fsp3) is 0.312. The summed E-state index contributed by atoms with van der Waals surface area (Å²) in [6, 6.07) is 3.35. The van der Waals surface area contributed by atoms with Gasteiger partial charge in [-0.1, -0.05) is 0 Å². The van der Waals surface area contributed by atoms with Crippen LogP contribution in [0.15, 0.2) is 28.2 Å². The summed E-state index contributed by atoms with van der Waals surface area (Å²) in [6.07, 6.45) is 0.713. The van der Waals surface area contributed by atoms with Gasteiger partial charge in [-0.2, -0.15) is 8.78 Å². The number of halogens is 3. The van der Waals surface area contributed by atoms with Gasteiger partial charge in [0, 0.05) is 23.4 Å². The topological polar surface area (TPSA) is 121 Å². The summed E-state index contributed by atoms with van der Waals surface area (Å²) in [5.74, 6) is -4.07. The molecule has 0 atom stereocenters. The summed E-state index contributed by atoms with van der Waals surface area (Å²) in [5.41, 5.74) is -0.387. The molecular weight excluding hydrogens is 433 g/mol. The molecule has 0 radical (unpaired) electrons. The van der Waals surface area contributed by atoms with E-state index >= 15 is 0 Å². The smallest absolute Gasteiger partial charge is 0.291 e. The van der Waals surface area contributed by atoms with Crippen molar-refractivity contribution in [2.24, 2.45) is 0 Å². The summed E-state index contributed by atoms with van der Waals surface area (Å²) in [7, 11) is -3.71. The van der Waals surface area contributed by atoms with Gasteiger partial charge in [0.05, 0.1) is 11.9 Å². The summed E-state index contributed by atoms with van der Waals surface area (Å²) in [4.78, 5) is 30.3. The van der Waals surface area contributed by atoms with Gasteiger partial charge in [0.2, 0.25) is 15.9 Å². The quantitative estimate of drug-likeness (QED) is 0.420. The van der Waals surface area contributed by atoms with Crippen LogP contribution >= 0.6 is 11.8 Å². The molecule has 0 aliphatic carbocycles. The average Bonchev–Trinajstić information content (AvgIpc) is 2.55. The number of hydrogen-bond donors (Lipinski definition) is 3. The second kappa shape index (κ2) is 9.31. The molecule has 1 amide bonds. The lowest BCUT2D eigenvalue weighted by Crippen LogP contribution is -2.20. The van der Waals surface area contributed by atoms with Crippen molar-refractivity contribution in [3.05, 3.63) is 45.6 Å². The molecule has 8 nitrogen and oxygen atoms in total. The Balaban J connectivity index is 2.05. The van der Waals surface area contributed by atoms with Gasteiger partial charge in [0.1, 0.15) is 5.82 Å². The first kappa shape index (κ1) is 22.7. The first-order valence-electron chi connectivity index (χ1n) is 8.06. The summed E-state index contributed by atoms with van der Waals surface area (Å²) in [5, 5.41) is 2.25. The molecule has 1 heterocycles. The predicted octanol–water partition coefficient (Wildman–Crippen LogP) is 2.47. The van der Waals surface area contributed by atoms with Crippen molar-refractivity contribution in [2.45, 2.75) is 30.7 Å². The van der Waals surface area contributed by atoms with Gasteiger partial charge in [-0.15, -0.1) is 0 Å². The van der Waals surface area contributed by atoms with Crippen LogP contribution in [0.4, 0.5) is 24.5 Å². The van der Waals surface area contributed by atoms with E-state index in [1.807, 2.05) is 4.72 Å². The summed E-state index contributed by atoms with van der Waals surface area (Å²) < 4.78 is 62.9. The molecule has 13 heteroatoms. The Labute approximate surface area is 168 Å². The fourth-order valence-corrected chi connectivity index (χ4v) is 3.43. The first-order chi connectivity index (χ1) is 13.4. The van der Waals surface area contributed by atoms with Crippen LogP contribution in [0.5, 0.6) is 0 Å². The van der Waals surface area contributed by atoms with Gasteiger partial charge in [0.15, 0.2) is 5.16 Å². The highest BCUT2D eigenvalue weighted by molar-refractivity contribution is 7.99. The third-order valence-electron chi connectivity index (χ3n) is 3.55. The minimum Gasteiger partial charge on any atom is -0.326 e. The molecule has 2 rings (SSSR count). The maximum atomic E-state index is 13.7. The number of alkyl halides is 2. The molecule has 0 aliphatic heterocycles. The van der Waals surface area contributed by atoms with Crippen LogP contribution in [-0.2, 0) is 21.2 Å². The number of carbonyl (C=O) groups excluding carboxylic acids is 1. The molecular formula is C16H17F3N4O4S2. The number of aryl methyl sites for hydroxylation is 1. The number of aromatic nitrogens is 2. The van der Waals surface area contributed by atoms with Crippen molar-refractivity contribution >= 4 is 39.1 Å². The molecule has 0 saturated carbocycles. The first-order valence-corrected chi connectivity index (χ1v) is 10.8. The van der Waals surface area contributed by atoms with Gasteiger partial charge in [-0.3, -0.25) is 14.3 Å². The van der Waals surface area contributed by atoms with Gasteiger partial charge >= 0.3 is 0 Å². The molecule has 29 heavy (non-hydrogen) atoms. The van der Waals surface area contributed by atoms with E-state index in [0.29, 0.717) is 0 Å². The van der Waals surface area contributed by atoms with Crippen LogP contribution in [0, 0.1) is 12.7 Å². The van der Waals surface area contributed by atoms with Crippen LogP contribution in [0.2, 0.25) is 0 Å². The number of benzene rings is 1. The standard InChI is InChI=1S/C16H17F3N4O4S2/c1-8-10(14(25)22-16(20-8)28-15(18)19)4-6-13(24)21-9-3-5-11(17)12(7-9)23-29(2,26)27/h3,5,7,15,23H,4,6H2,1-2H3,(H,21,24)(H,20,22,25). The Morgan fingerprint density at radius 2 is 2.03 bits per heavy atom.